The molecule has 0 bridgehead atoms. The lowest BCUT2D eigenvalue weighted by Gasteiger charge is -2.11. The molecule has 1 atom stereocenters. The number of nitrogens with one attached hydrogen (secondary N) is 2. The van der Waals surface area contributed by atoms with Crippen molar-refractivity contribution in [3.05, 3.63) is 92.3 Å². The summed E-state index contributed by atoms with van der Waals surface area (Å²) in [6, 6.07) is 13.5. The van der Waals surface area contributed by atoms with Crippen LogP contribution in [-0.4, -0.2) is 45.0 Å². The molecule has 0 radical (unpaired) electrons. The van der Waals surface area contributed by atoms with Crippen LogP contribution in [0.4, 0.5) is 0 Å². The second-order valence-corrected chi connectivity index (χ2v) is 7.55. The molecule has 0 unspecified atom stereocenters. The molecular weight excluding hydrogens is 424 g/mol. The Morgan fingerprint density at radius 2 is 1.91 bits per heavy atom. The van der Waals surface area contributed by atoms with E-state index in [0.29, 0.717) is 5.69 Å². The molecular formula is C24H22N4O5. The number of benzene rings is 2. The fraction of sp³-hybridized carbons (Fsp3) is 0.167. The van der Waals surface area contributed by atoms with Gasteiger partial charge in [-0.25, -0.2) is 14.2 Å². The zero-order chi connectivity index (χ0) is 23.5. The number of H-pyrrole nitrogens is 2. The zero-order valence-corrected chi connectivity index (χ0v) is 18.0. The number of aryl methyl sites for hydroxylation is 1. The number of ether oxygens (including phenoxy) is 1. The van der Waals surface area contributed by atoms with E-state index in [1.165, 1.54) is 7.11 Å². The quantitative estimate of drug-likeness (QED) is 0.309. The van der Waals surface area contributed by atoms with Crippen LogP contribution in [0.3, 0.4) is 0 Å². The second-order valence-electron chi connectivity index (χ2n) is 7.55. The number of methoxy groups -OCH3 is 1. The molecule has 2 aromatic carbocycles. The van der Waals surface area contributed by atoms with E-state index < -0.39 is 29.1 Å². The highest BCUT2D eigenvalue weighted by Gasteiger charge is 2.21. The van der Waals surface area contributed by atoms with Gasteiger partial charge in [0.05, 0.1) is 12.8 Å². The molecule has 0 amide bonds. The number of hydrogen-bond donors (Lipinski definition) is 3. The summed E-state index contributed by atoms with van der Waals surface area (Å²) in [7, 11) is 1.25. The molecule has 9 nitrogen and oxygen atoms in total. The van der Waals surface area contributed by atoms with Crippen LogP contribution in [0.2, 0.25) is 0 Å². The standard InChI is InChI=1S/C24H22N4O5/c1-14-7-9-16(10-8-14)28-22(30)18(21(29)27-24(28)32)13-26-20(23(31)33-2)11-15-12-25-19-6-4-3-5-17(15)19/h3-10,12-13,20,25,30H,11H2,1-2H3,(H,27,29,32)/t20-/m1/s1. The fourth-order valence-corrected chi connectivity index (χ4v) is 3.59. The Balaban J connectivity index is 1.72. The topological polar surface area (TPSA) is 130 Å². The van der Waals surface area contributed by atoms with Gasteiger partial charge in [0.1, 0.15) is 5.56 Å². The zero-order valence-electron chi connectivity index (χ0n) is 18.0. The first-order valence-electron chi connectivity index (χ1n) is 10.2. The molecule has 3 N–H and O–H groups in total. The molecule has 0 aliphatic heterocycles. The molecule has 0 aliphatic rings. The number of aromatic amines is 2. The maximum atomic E-state index is 12.4. The molecule has 4 aromatic rings. The van der Waals surface area contributed by atoms with Crippen molar-refractivity contribution in [1.29, 1.82) is 0 Å². The number of carbonyl (C=O) groups excluding carboxylic acids is 1. The van der Waals surface area contributed by atoms with Crippen LogP contribution in [0.1, 0.15) is 16.7 Å². The maximum absolute atomic E-state index is 12.4. The summed E-state index contributed by atoms with van der Waals surface area (Å²) in [6.07, 6.45) is 3.09. The van der Waals surface area contributed by atoms with Crippen molar-refractivity contribution in [2.24, 2.45) is 4.99 Å². The van der Waals surface area contributed by atoms with Gasteiger partial charge in [0.2, 0.25) is 5.88 Å². The first-order valence-corrected chi connectivity index (χ1v) is 10.2. The van der Waals surface area contributed by atoms with Gasteiger partial charge in [-0.3, -0.25) is 14.8 Å². The van der Waals surface area contributed by atoms with Gasteiger partial charge in [0.15, 0.2) is 6.04 Å². The van der Waals surface area contributed by atoms with Crippen molar-refractivity contribution in [3.63, 3.8) is 0 Å². The highest BCUT2D eigenvalue weighted by molar-refractivity contribution is 5.87. The largest absolute Gasteiger partial charge is 0.493 e. The van der Waals surface area contributed by atoms with Gasteiger partial charge in [0.25, 0.3) is 5.56 Å². The second kappa shape index (κ2) is 8.99. The van der Waals surface area contributed by atoms with Gasteiger partial charge in [0, 0.05) is 29.7 Å². The average molecular weight is 446 g/mol. The Morgan fingerprint density at radius 3 is 2.64 bits per heavy atom. The van der Waals surface area contributed by atoms with Gasteiger partial charge in [-0.15, -0.1) is 0 Å². The van der Waals surface area contributed by atoms with Crippen molar-refractivity contribution in [2.45, 2.75) is 19.4 Å². The Labute approximate surface area is 188 Å². The van der Waals surface area contributed by atoms with Gasteiger partial charge in [-0.2, -0.15) is 0 Å². The number of aromatic hydroxyl groups is 1. The minimum absolute atomic E-state index is 0.212. The summed E-state index contributed by atoms with van der Waals surface area (Å²) in [6.45, 7) is 1.89. The Kier molecular flexibility index (Phi) is 5.95. The lowest BCUT2D eigenvalue weighted by Crippen LogP contribution is -2.31. The number of nitrogens with zero attached hydrogens (tertiary/aromatic N) is 2. The molecule has 0 aliphatic carbocycles. The average Bonchev–Trinajstić information content (AvgIpc) is 3.21. The molecule has 168 valence electrons. The van der Waals surface area contributed by atoms with Crippen LogP contribution in [0.5, 0.6) is 5.88 Å². The highest BCUT2D eigenvalue weighted by Crippen LogP contribution is 2.21. The van der Waals surface area contributed by atoms with Crippen LogP contribution in [0.15, 0.2) is 69.3 Å². The Hall–Kier alpha value is -4.40. The lowest BCUT2D eigenvalue weighted by molar-refractivity contribution is -0.142. The summed E-state index contributed by atoms with van der Waals surface area (Å²) < 4.78 is 5.85. The lowest BCUT2D eigenvalue weighted by atomic mass is 10.1. The van der Waals surface area contributed by atoms with Gasteiger partial charge in [-0.05, 0) is 30.7 Å². The van der Waals surface area contributed by atoms with E-state index >= 15 is 0 Å². The van der Waals surface area contributed by atoms with E-state index in [1.807, 2.05) is 31.2 Å². The molecule has 2 heterocycles. The van der Waals surface area contributed by atoms with Crippen molar-refractivity contribution in [1.82, 2.24) is 14.5 Å². The molecule has 0 saturated heterocycles. The summed E-state index contributed by atoms with van der Waals surface area (Å²) in [4.78, 5) is 46.7. The van der Waals surface area contributed by atoms with E-state index in [2.05, 4.69) is 15.0 Å². The predicted molar refractivity (Wildman–Crippen MR) is 124 cm³/mol. The molecule has 33 heavy (non-hydrogen) atoms. The Bertz CT molecular complexity index is 1460. The van der Waals surface area contributed by atoms with Gasteiger partial charge >= 0.3 is 11.7 Å². The van der Waals surface area contributed by atoms with E-state index in [9.17, 15) is 19.5 Å². The van der Waals surface area contributed by atoms with Gasteiger partial charge < -0.3 is 14.8 Å². The summed E-state index contributed by atoms with van der Waals surface area (Å²) >= 11 is 0. The SMILES string of the molecule is COC(=O)[C@@H](Cc1c[nH]c2ccccc12)N=Cc1c(O)n(-c2ccc(C)cc2)c(=O)[nH]c1=O. The van der Waals surface area contributed by atoms with Crippen molar-refractivity contribution < 1.29 is 14.6 Å². The Morgan fingerprint density at radius 1 is 1.18 bits per heavy atom. The number of aliphatic imine (C=N–C) groups is 1. The highest BCUT2D eigenvalue weighted by atomic mass is 16.5. The molecule has 0 fully saturated rings. The number of hydrogen-bond acceptors (Lipinski definition) is 6. The third kappa shape index (κ3) is 4.33. The first-order chi connectivity index (χ1) is 15.9. The number of carbonyl (C=O) groups is 1. The molecule has 0 spiro atoms. The molecule has 4 rings (SSSR count). The summed E-state index contributed by atoms with van der Waals surface area (Å²) in [5.41, 5.74) is 1.25. The minimum atomic E-state index is -0.965. The van der Waals surface area contributed by atoms with Crippen LogP contribution >= 0.6 is 0 Å². The normalized spacial score (nSPS) is 12.3. The van der Waals surface area contributed by atoms with E-state index in [-0.39, 0.29) is 12.0 Å². The number of para-hydroxylation sites is 1. The van der Waals surface area contributed by atoms with Crippen molar-refractivity contribution in [2.75, 3.05) is 7.11 Å². The number of esters is 1. The minimum Gasteiger partial charge on any atom is -0.493 e. The van der Waals surface area contributed by atoms with E-state index in [1.54, 1.807) is 30.5 Å². The molecule has 0 saturated carbocycles. The van der Waals surface area contributed by atoms with Crippen LogP contribution in [0, 0.1) is 6.92 Å². The molecule has 9 heteroatoms. The van der Waals surface area contributed by atoms with Crippen molar-refractivity contribution >= 4 is 23.1 Å². The van der Waals surface area contributed by atoms with E-state index in [4.69, 9.17) is 4.74 Å². The van der Waals surface area contributed by atoms with Crippen LogP contribution in [-0.2, 0) is 16.0 Å². The first kappa shape index (κ1) is 21.8. The number of fused-ring (bicyclic) bond motifs is 1. The summed E-state index contributed by atoms with van der Waals surface area (Å²) in [5, 5.41) is 11.7. The van der Waals surface area contributed by atoms with Crippen LogP contribution in [0.25, 0.3) is 16.6 Å². The third-order valence-electron chi connectivity index (χ3n) is 5.36. The van der Waals surface area contributed by atoms with Crippen LogP contribution < -0.4 is 11.2 Å². The maximum Gasteiger partial charge on any atom is 0.335 e. The molecule has 2 aromatic heterocycles. The summed E-state index contributed by atoms with van der Waals surface area (Å²) in [5.74, 6) is -1.17. The van der Waals surface area contributed by atoms with Crippen molar-refractivity contribution in [3.8, 4) is 11.6 Å². The third-order valence-corrected chi connectivity index (χ3v) is 5.36. The smallest absolute Gasteiger partial charge is 0.335 e. The predicted octanol–water partition coefficient (Wildman–Crippen LogP) is 2.22. The van der Waals surface area contributed by atoms with E-state index in [0.717, 1.165) is 32.8 Å². The van der Waals surface area contributed by atoms with Gasteiger partial charge in [-0.1, -0.05) is 35.9 Å². The number of aromatic nitrogens is 3. The number of rotatable bonds is 6. The monoisotopic (exact) mass is 446 g/mol. The fourth-order valence-electron chi connectivity index (χ4n) is 3.59.